The van der Waals surface area contributed by atoms with Crippen LogP contribution in [-0.4, -0.2) is 67.2 Å². The van der Waals surface area contributed by atoms with Crippen LogP contribution in [0.5, 0.6) is 0 Å². The molecule has 138 valence electrons. The van der Waals surface area contributed by atoms with Crippen LogP contribution >= 0.6 is 0 Å². The number of hydrogen-bond donors (Lipinski definition) is 1. The van der Waals surface area contributed by atoms with Gasteiger partial charge in [0.05, 0.1) is 12.2 Å². The number of morpholine rings is 1. The maximum Gasteiger partial charge on any atom is 0.253 e. The average Bonchev–Trinajstić information content (AvgIpc) is 2.61. The van der Waals surface area contributed by atoms with Gasteiger partial charge in [-0.05, 0) is 57.5 Å². The number of nitrogens with one attached hydrogen (secondary N) is 1. The molecule has 25 heavy (non-hydrogen) atoms. The molecule has 1 aromatic carbocycles. The van der Waals surface area contributed by atoms with Crippen LogP contribution < -0.4 is 5.32 Å². The van der Waals surface area contributed by atoms with Gasteiger partial charge >= 0.3 is 0 Å². The number of rotatable bonds is 4. The monoisotopic (exact) mass is 345 g/mol. The van der Waals surface area contributed by atoms with E-state index in [1.54, 1.807) is 0 Å². The van der Waals surface area contributed by atoms with Crippen molar-refractivity contribution in [1.82, 2.24) is 15.1 Å². The molecule has 3 rings (SSSR count). The second-order valence-electron chi connectivity index (χ2n) is 7.55. The molecule has 1 amide bonds. The lowest BCUT2D eigenvalue weighted by atomic mass is 10.0. The van der Waals surface area contributed by atoms with Crippen molar-refractivity contribution in [2.24, 2.45) is 0 Å². The molecule has 0 unspecified atom stereocenters. The zero-order chi connectivity index (χ0) is 17.8. The fourth-order valence-electron chi connectivity index (χ4n) is 3.99. The minimum atomic E-state index is 0.132. The molecule has 2 atom stereocenters. The zero-order valence-corrected chi connectivity index (χ0v) is 15.7. The lowest BCUT2D eigenvalue weighted by Crippen LogP contribution is -2.44. The molecule has 1 aromatic rings. The van der Waals surface area contributed by atoms with Gasteiger partial charge in [-0.3, -0.25) is 9.69 Å². The van der Waals surface area contributed by atoms with Crippen LogP contribution in [0.15, 0.2) is 24.3 Å². The fourth-order valence-corrected chi connectivity index (χ4v) is 3.99. The normalized spacial score (nSPS) is 25.7. The SMILES string of the molecule is C[C@@H]1CN(Cc2ccc(C(=O)N(C)C3CCNCC3)cc2)C[C@H](C)O1. The molecule has 5 heteroatoms. The number of piperidine rings is 1. The molecule has 2 fully saturated rings. The van der Waals surface area contributed by atoms with Crippen molar-refractivity contribution in [3.8, 4) is 0 Å². The van der Waals surface area contributed by atoms with Gasteiger partial charge in [-0.25, -0.2) is 0 Å². The Morgan fingerprint density at radius 2 is 1.76 bits per heavy atom. The highest BCUT2D eigenvalue weighted by molar-refractivity contribution is 5.94. The van der Waals surface area contributed by atoms with Gasteiger partial charge in [-0.15, -0.1) is 0 Å². The van der Waals surface area contributed by atoms with Crippen LogP contribution in [0.2, 0.25) is 0 Å². The van der Waals surface area contributed by atoms with E-state index in [1.807, 2.05) is 24.1 Å². The van der Waals surface area contributed by atoms with Gasteiger partial charge in [-0.2, -0.15) is 0 Å². The third-order valence-electron chi connectivity index (χ3n) is 5.28. The van der Waals surface area contributed by atoms with Gasteiger partial charge in [0.25, 0.3) is 5.91 Å². The van der Waals surface area contributed by atoms with Gasteiger partial charge in [0, 0.05) is 38.3 Å². The van der Waals surface area contributed by atoms with Gasteiger partial charge in [0.1, 0.15) is 0 Å². The summed E-state index contributed by atoms with van der Waals surface area (Å²) in [6.07, 6.45) is 2.63. The predicted octanol–water partition coefficient (Wildman–Crippen LogP) is 2.12. The minimum absolute atomic E-state index is 0.132. The molecule has 0 radical (unpaired) electrons. The predicted molar refractivity (Wildman–Crippen MR) is 99.7 cm³/mol. The molecule has 2 aliphatic heterocycles. The Labute approximate surface area is 151 Å². The second kappa shape index (κ2) is 8.30. The molecule has 0 bridgehead atoms. The summed E-state index contributed by atoms with van der Waals surface area (Å²) in [5.41, 5.74) is 2.04. The summed E-state index contributed by atoms with van der Waals surface area (Å²) >= 11 is 0. The third-order valence-corrected chi connectivity index (χ3v) is 5.28. The van der Waals surface area contributed by atoms with E-state index in [1.165, 1.54) is 5.56 Å². The molecule has 5 nitrogen and oxygen atoms in total. The smallest absolute Gasteiger partial charge is 0.253 e. The van der Waals surface area contributed by atoms with Crippen molar-refractivity contribution in [3.05, 3.63) is 35.4 Å². The number of hydrogen-bond acceptors (Lipinski definition) is 4. The van der Waals surface area contributed by atoms with Crippen LogP contribution in [-0.2, 0) is 11.3 Å². The van der Waals surface area contributed by atoms with E-state index in [0.29, 0.717) is 6.04 Å². The summed E-state index contributed by atoms with van der Waals surface area (Å²) < 4.78 is 5.79. The van der Waals surface area contributed by atoms with Gasteiger partial charge < -0.3 is 15.0 Å². The Morgan fingerprint density at radius 1 is 1.16 bits per heavy atom. The topological polar surface area (TPSA) is 44.8 Å². The molecular formula is C20H31N3O2. The van der Waals surface area contributed by atoms with Crippen molar-refractivity contribution < 1.29 is 9.53 Å². The Morgan fingerprint density at radius 3 is 2.36 bits per heavy atom. The van der Waals surface area contributed by atoms with E-state index >= 15 is 0 Å². The summed E-state index contributed by atoms with van der Waals surface area (Å²) in [5, 5.41) is 3.35. The highest BCUT2D eigenvalue weighted by atomic mass is 16.5. The van der Waals surface area contributed by atoms with Crippen molar-refractivity contribution in [1.29, 1.82) is 0 Å². The Hall–Kier alpha value is -1.43. The molecule has 0 spiro atoms. The van der Waals surface area contributed by atoms with Crippen molar-refractivity contribution in [2.45, 2.75) is 51.5 Å². The number of carbonyl (C=O) groups excluding carboxylic acids is 1. The van der Waals surface area contributed by atoms with E-state index in [9.17, 15) is 4.79 Å². The van der Waals surface area contributed by atoms with Crippen LogP contribution in [0.1, 0.15) is 42.6 Å². The maximum absolute atomic E-state index is 12.7. The van der Waals surface area contributed by atoms with Gasteiger partial charge in [0.15, 0.2) is 0 Å². The first kappa shape index (κ1) is 18.4. The van der Waals surface area contributed by atoms with Crippen LogP contribution in [0.4, 0.5) is 0 Å². The summed E-state index contributed by atoms with van der Waals surface area (Å²) in [4.78, 5) is 17.1. The Kier molecular flexibility index (Phi) is 6.10. The third kappa shape index (κ3) is 4.81. The van der Waals surface area contributed by atoms with Crippen LogP contribution in [0.3, 0.4) is 0 Å². The Bertz CT molecular complexity index is 559. The van der Waals surface area contributed by atoms with E-state index in [0.717, 1.165) is 51.1 Å². The number of ether oxygens (including phenoxy) is 1. The maximum atomic E-state index is 12.7. The molecule has 0 aromatic heterocycles. The molecule has 2 saturated heterocycles. The van der Waals surface area contributed by atoms with Crippen molar-refractivity contribution >= 4 is 5.91 Å². The molecule has 1 N–H and O–H groups in total. The van der Waals surface area contributed by atoms with E-state index in [-0.39, 0.29) is 18.1 Å². The highest BCUT2D eigenvalue weighted by Crippen LogP contribution is 2.17. The second-order valence-corrected chi connectivity index (χ2v) is 7.55. The quantitative estimate of drug-likeness (QED) is 0.908. The number of nitrogens with zero attached hydrogens (tertiary/aromatic N) is 2. The number of benzene rings is 1. The summed E-state index contributed by atoms with van der Waals surface area (Å²) in [5.74, 6) is 0.132. The highest BCUT2D eigenvalue weighted by Gasteiger charge is 2.24. The van der Waals surface area contributed by atoms with Gasteiger partial charge in [0.2, 0.25) is 0 Å². The largest absolute Gasteiger partial charge is 0.373 e. The lowest BCUT2D eigenvalue weighted by Gasteiger charge is -2.35. The summed E-state index contributed by atoms with van der Waals surface area (Å²) in [6, 6.07) is 8.48. The molecule has 2 aliphatic rings. The standard InChI is InChI=1S/C20H31N3O2/c1-15-12-23(13-16(2)25-15)14-17-4-6-18(7-5-17)20(24)22(3)19-8-10-21-11-9-19/h4-7,15-16,19,21H,8-14H2,1-3H3/t15-,16+. The lowest BCUT2D eigenvalue weighted by molar-refractivity contribution is -0.0704. The zero-order valence-electron chi connectivity index (χ0n) is 15.7. The summed E-state index contributed by atoms with van der Waals surface area (Å²) in [7, 11) is 1.93. The number of carbonyl (C=O) groups is 1. The molecule has 0 aliphatic carbocycles. The molecular weight excluding hydrogens is 314 g/mol. The average molecular weight is 345 g/mol. The van der Waals surface area contributed by atoms with Crippen LogP contribution in [0.25, 0.3) is 0 Å². The van der Waals surface area contributed by atoms with E-state index in [2.05, 4.69) is 36.2 Å². The first-order chi connectivity index (χ1) is 12.0. The fraction of sp³-hybridized carbons (Fsp3) is 0.650. The molecule has 2 heterocycles. The molecule has 0 saturated carbocycles. The van der Waals surface area contributed by atoms with Gasteiger partial charge in [-0.1, -0.05) is 12.1 Å². The van der Waals surface area contributed by atoms with E-state index in [4.69, 9.17) is 4.74 Å². The van der Waals surface area contributed by atoms with Crippen LogP contribution in [0, 0.1) is 0 Å². The van der Waals surface area contributed by atoms with Crippen molar-refractivity contribution in [2.75, 3.05) is 33.2 Å². The minimum Gasteiger partial charge on any atom is -0.373 e. The van der Waals surface area contributed by atoms with E-state index < -0.39 is 0 Å². The van der Waals surface area contributed by atoms with Crippen molar-refractivity contribution in [3.63, 3.8) is 0 Å². The number of amides is 1. The first-order valence-corrected chi connectivity index (χ1v) is 9.47. The first-order valence-electron chi connectivity index (χ1n) is 9.47. The summed E-state index contributed by atoms with van der Waals surface area (Å²) in [6.45, 7) is 9.08. The Balaban J connectivity index is 1.58.